The number of benzene rings is 1. The van der Waals surface area contributed by atoms with Crippen molar-refractivity contribution in [3.63, 3.8) is 0 Å². The van der Waals surface area contributed by atoms with Gasteiger partial charge in [-0.3, -0.25) is 0 Å². The van der Waals surface area contributed by atoms with Gasteiger partial charge in [-0.2, -0.15) is 0 Å². The first-order valence-electron chi connectivity index (χ1n) is 6.63. The molecular formula is C13H14F3N3O2S2. The van der Waals surface area contributed by atoms with Crippen LogP contribution in [-0.4, -0.2) is 35.5 Å². The molecule has 1 aromatic heterocycles. The van der Waals surface area contributed by atoms with Crippen molar-refractivity contribution in [1.29, 1.82) is 0 Å². The third kappa shape index (κ3) is 6.63. The van der Waals surface area contributed by atoms with E-state index in [2.05, 4.69) is 20.3 Å². The molecule has 0 saturated carbocycles. The first-order chi connectivity index (χ1) is 11.0. The van der Waals surface area contributed by atoms with Gasteiger partial charge < -0.3 is 14.8 Å². The highest BCUT2D eigenvalue weighted by Crippen LogP contribution is 2.29. The maximum Gasteiger partial charge on any atom is 0.573 e. The van der Waals surface area contributed by atoms with Gasteiger partial charge in [0.1, 0.15) is 5.75 Å². The minimum absolute atomic E-state index is 0.271. The Morgan fingerprint density at radius 3 is 2.61 bits per heavy atom. The van der Waals surface area contributed by atoms with E-state index in [0.29, 0.717) is 24.0 Å². The van der Waals surface area contributed by atoms with E-state index in [1.165, 1.54) is 47.4 Å². The summed E-state index contributed by atoms with van der Waals surface area (Å²) < 4.78 is 46.1. The van der Waals surface area contributed by atoms with Crippen molar-refractivity contribution in [1.82, 2.24) is 10.2 Å². The normalized spacial score (nSPS) is 11.5. The summed E-state index contributed by atoms with van der Waals surface area (Å²) in [5.74, 6) is 0.513. The number of hydrogen-bond donors (Lipinski definition) is 1. The maximum absolute atomic E-state index is 12.1. The molecular weight excluding hydrogens is 351 g/mol. The van der Waals surface area contributed by atoms with E-state index in [9.17, 15) is 13.2 Å². The van der Waals surface area contributed by atoms with E-state index in [1.54, 1.807) is 0 Å². The summed E-state index contributed by atoms with van der Waals surface area (Å²) in [6.07, 6.45) is -4.69. The number of aromatic nitrogens is 2. The summed E-state index contributed by atoms with van der Waals surface area (Å²) in [5.41, 5.74) is 0.599. The van der Waals surface area contributed by atoms with Crippen molar-refractivity contribution < 1.29 is 22.6 Å². The highest BCUT2D eigenvalue weighted by atomic mass is 32.2. The third-order valence-corrected chi connectivity index (χ3v) is 4.34. The van der Waals surface area contributed by atoms with E-state index in [-0.39, 0.29) is 5.75 Å². The van der Waals surface area contributed by atoms with Crippen LogP contribution in [0.5, 0.6) is 5.75 Å². The molecule has 5 nitrogen and oxygen atoms in total. The maximum atomic E-state index is 12.1. The Labute approximate surface area is 139 Å². The van der Waals surface area contributed by atoms with Crippen molar-refractivity contribution in [3.8, 4) is 5.75 Å². The van der Waals surface area contributed by atoms with Crippen LogP contribution >= 0.6 is 23.1 Å². The second-order valence-electron chi connectivity index (χ2n) is 4.12. The fourth-order valence-corrected chi connectivity index (χ4v) is 3.21. The summed E-state index contributed by atoms with van der Waals surface area (Å²) in [7, 11) is 0. The topological polar surface area (TPSA) is 56.3 Å². The van der Waals surface area contributed by atoms with Crippen LogP contribution < -0.4 is 10.1 Å². The Hall–Kier alpha value is -1.52. The summed E-state index contributed by atoms with van der Waals surface area (Å²) >= 11 is 2.90. The number of nitrogens with zero attached hydrogens (tertiary/aromatic N) is 2. The van der Waals surface area contributed by atoms with Crippen LogP contribution in [0.15, 0.2) is 28.6 Å². The number of ether oxygens (including phenoxy) is 2. The van der Waals surface area contributed by atoms with E-state index < -0.39 is 6.36 Å². The van der Waals surface area contributed by atoms with Crippen LogP contribution in [0, 0.1) is 0 Å². The monoisotopic (exact) mass is 365 g/mol. The van der Waals surface area contributed by atoms with Crippen LogP contribution in [0.25, 0.3) is 0 Å². The second kappa shape index (κ2) is 8.37. The third-order valence-electron chi connectivity index (χ3n) is 2.40. The lowest BCUT2D eigenvalue weighted by molar-refractivity contribution is -0.274. The fraction of sp³-hybridized carbons (Fsp3) is 0.385. The zero-order chi connectivity index (χ0) is 16.7. The highest BCUT2D eigenvalue weighted by Gasteiger charge is 2.30. The van der Waals surface area contributed by atoms with Crippen LogP contribution in [0.3, 0.4) is 0 Å². The lowest BCUT2D eigenvalue weighted by Gasteiger charge is -2.09. The number of halogens is 3. The molecule has 126 valence electrons. The largest absolute Gasteiger partial charge is 0.573 e. The standard InChI is InChI=1S/C13H14F3N3O2S2/c1-2-20-7-8-22-12-19-18-11(23-12)17-9-3-5-10(6-4-9)21-13(14,15)16/h3-6H,2,7-8H2,1H3,(H,17,18). The van der Waals surface area contributed by atoms with Crippen LogP contribution in [0.4, 0.5) is 24.0 Å². The number of rotatable bonds is 8. The predicted octanol–water partition coefficient (Wildman–Crippen LogP) is 4.31. The van der Waals surface area contributed by atoms with Gasteiger partial charge in [0.2, 0.25) is 5.13 Å². The number of alkyl halides is 3. The second-order valence-corrected chi connectivity index (χ2v) is 6.44. The summed E-state index contributed by atoms with van der Waals surface area (Å²) in [4.78, 5) is 0. The first kappa shape index (κ1) is 17.8. The molecule has 0 amide bonds. The number of thioether (sulfide) groups is 1. The predicted molar refractivity (Wildman–Crippen MR) is 83.5 cm³/mol. The molecule has 1 heterocycles. The van der Waals surface area contributed by atoms with E-state index in [4.69, 9.17) is 4.74 Å². The smallest absolute Gasteiger partial charge is 0.406 e. The van der Waals surface area contributed by atoms with Gasteiger partial charge in [-0.25, -0.2) is 0 Å². The average Bonchev–Trinajstić information content (AvgIpc) is 2.92. The fourth-order valence-electron chi connectivity index (χ4n) is 1.51. The van der Waals surface area contributed by atoms with Gasteiger partial charge in [-0.15, -0.1) is 23.4 Å². The van der Waals surface area contributed by atoms with Crippen molar-refractivity contribution in [2.24, 2.45) is 0 Å². The number of hydrogen-bond acceptors (Lipinski definition) is 7. The Balaban J connectivity index is 1.86. The molecule has 1 N–H and O–H groups in total. The SMILES string of the molecule is CCOCCSc1nnc(Nc2ccc(OC(F)(F)F)cc2)s1. The molecule has 0 aliphatic heterocycles. The number of nitrogens with one attached hydrogen (secondary N) is 1. The Morgan fingerprint density at radius 2 is 1.96 bits per heavy atom. The van der Waals surface area contributed by atoms with Gasteiger partial charge >= 0.3 is 6.36 Å². The lowest BCUT2D eigenvalue weighted by atomic mass is 10.3. The molecule has 0 aliphatic rings. The van der Waals surface area contributed by atoms with Gasteiger partial charge in [0.25, 0.3) is 0 Å². The molecule has 0 saturated heterocycles. The van der Waals surface area contributed by atoms with Crippen LogP contribution in [0.2, 0.25) is 0 Å². The first-order valence-corrected chi connectivity index (χ1v) is 8.43. The van der Waals surface area contributed by atoms with Crippen molar-refractivity contribution >= 4 is 33.9 Å². The van der Waals surface area contributed by atoms with E-state index >= 15 is 0 Å². The quantitative estimate of drug-likeness (QED) is 0.556. The summed E-state index contributed by atoms with van der Waals surface area (Å²) in [6.45, 7) is 3.25. The summed E-state index contributed by atoms with van der Waals surface area (Å²) in [6, 6.07) is 5.41. The average molecular weight is 365 g/mol. The minimum atomic E-state index is -4.69. The highest BCUT2D eigenvalue weighted by molar-refractivity contribution is 8.01. The molecule has 0 fully saturated rings. The summed E-state index contributed by atoms with van der Waals surface area (Å²) in [5, 5.41) is 11.5. The van der Waals surface area contributed by atoms with Crippen LogP contribution in [-0.2, 0) is 4.74 Å². The molecule has 2 rings (SSSR count). The van der Waals surface area contributed by atoms with Crippen molar-refractivity contribution in [2.75, 3.05) is 24.3 Å². The van der Waals surface area contributed by atoms with Gasteiger partial charge in [-0.05, 0) is 31.2 Å². The molecule has 10 heteroatoms. The molecule has 0 aliphatic carbocycles. The molecule has 1 aromatic carbocycles. The molecule has 2 aromatic rings. The molecule has 23 heavy (non-hydrogen) atoms. The molecule has 0 unspecified atom stereocenters. The van der Waals surface area contributed by atoms with Gasteiger partial charge in [0, 0.05) is 18.0 Å². The zero-order valence-corrected chi connectivity index (χ0v) is 13.7. The van der Waals surface area contributed by atoms with Gasteiger partial charge in [0.05, 0.1) is 6.61 Å². The molecule has 0 radical (unpaired) electrons. The van der Waals surface area contributed by atoms with Crippen molar-refractivity contribution in [3.05, 3.63) is 24.3 Å². The zero-order valence-electron chi connectivity index (χ0n) is 12.1. The van der Waals surface area contributed by atoms with E-state index in [1.807, 2.05) is 6.92 Å². The molecule has 0 atom stereocenters. The lowest BCUT2D eigenvalue weighted by Crippen LogP contribution is -2.16. The van der Waals surface area contributed by atoms with E-state index in [0.717, 1.165) is 10.1 Å². The molecule has 0 spiro atoms. The Kier molecular flexibility index (Phi) is 6.48. The van der Waals surface area contributed by atoms with Crippen LogP contribution in [0.1, 0.15) is 6.92 Å². The van der Waals surface area contributed by atoms with Gasteiger partial charge in [-0.1, -0.05) is 23.1 Å². The van der Waals surface area contributed by atoms with Crippen molar-refractivity contribution in [2.45, 2.75) is 17.6 Å². The van der Waals surface area contributed by atoms with Gasteiger partial charge in [0.15, 0.2) is 4.34 Å². The Morgan fingerprint density at radius 1 is 1.22 bits per heavy atom. The Bertz CT molecular complexity index is 605. The molecule has 0 bridgehead atoms. The number of anilines is 2. The minimum Gasteiger partial charge on any atom is -0.406 e.